The first-order chi connectivity index (χ1) is 8.04. The minimum atomic E-state index is -4.10. The van der Waals surface area contributed by atoms with Gasteiger partial charge in [0.1, 0.15) is 0 Å². The van der Waals surface area contributed by atoms with E-state index >= 15 is 0 Å². The van der Waals surface area contributed by atoms with Crippen LogP contribution in [0.2, 0.25) is 0 Å². The number of hydrogen-bond acceptors (Lipinski definition) is 4. The zero-order valence-electron chi connectivity index (χ0n) is 9.72. The molecule has 96 valence electrons. The number of nitrogens with one attached hydrogen (secondary N) is 1. The van der Waals surface area contributed by atoms with Gasteiger partial charge in [-0.05, 0) is 37.6 Å². The van der Waals surface area contributed by atoms with Gasteiger partial charge in [-0.1, -0.05) is 0 Å². The zero-order valence-corrected chi connectivity index (χ0v) is 10.5. The van der Waals surface area contributed by atoms with Crippen molar-refractivity contribution in [2.24, 2.45) is 0 Å². The summed E-state index contributed by atoms with van der Waals surface area (Å²) in [4.78, 5) is -0.0997. The first kappa shape index (κ1) is 14.0. The molecule has 0 aliphatic heterocycles. The van der Waals surface area contributed by atoms with Crippen LogP contribution < -0.4 is 5.32 Å². The Kier molecular flexibility index (Phi) is 5.40. The highest BCUT2D eigenvalue weighted by molar-refractivity contribution is 7.85. The van der Waals surface area contributed by atoms with Crippen LogP contribution in [0.5, 0.6) is 0 Å². The summed E-state index contributed by atoms with van der Waals surface area (Å²) in [6, 6.07) is 5.95. The Labute approximate surface area is 102 Å². The number of hydrogen-bond donors (Lipinski definition) is 2. The summed E-state index contributed by atoms with van der Waals surface area (Å²) >= 11 is 0. The van der Waals surface area contributed by atoms with Crippen molar-refractivity contribution in [2.75, 3.05) is 25.1 Å². The predicted molar refractivity (Wildman–Crippen MR) is 65.9 cm³/mol. The molecular formula is C11H17NO4S. The highest BCUT2D eigenvalue weighted by Crippen LogP contribution is 2.13. The summed E-state index contributed by atoms with van der Waals surface area (Å²) in [7, 11) is -4.10. The third-order valence-corrected chi connectivity index (χ3v) is 3.02. The summed E-state index contributed by atoms with van der Waals surface area (Å²) in [5.41, 5.74) is 0.814. The SMILES string of the molecule is CCOCCCNc1ccc(S(=O)(=O)O)cc1. The van der Waals surface area contributed by atoms with Crippen molar-refractivity contribution >= 4 is 15.8 Å². The van der Waals surface area contributed by atoms with Crippen molar-refractivity contribution in [1.29, 1.82) is 0 Å². The Morgan fingerprint density at radius 2 is 1.94 bits per heavy atom. The Balaban J connectivity index is 2.41. The lowest BCUT2D eigenvalue weighted by atomic mass is 10.3. The molecule has 6 heteroatoms. The van der Waals surface area contributed by atoms with E-state index in [-0.39, 0.29) is 4.90 Å². The Morgan fingerprint density at radius 3 is 2.47 bits per heavy atom. The van der Waals surface area contributed by atoms with Crippen molar-refractivity contribution in [3.63, 3.8) is 0 Å². The van der Waals surface area contributed by atoms with Crippen molar-refractivity contribution in [1.82, 2.24) is 0 Å². The highest BCUT2D eigenvalue weighted by atomic mass is 32.2. The van der Waals surface area contributed by atoms with Crippen LogP contribution in [0.25, 0.3) is 0 Å². The van der Waals surface area contributed by atoms with Crippen LogP contribution in [0, 0.1) is 0 Å². The average molecular weight is 259 g/mol. The molecule has 0 fully saturated rings. The predicted octanol–water partition coefficient (Wildman–Crippen LogP) is 1.77. The molecule has 0 saturated heterocycles. The van der Waals surface area contributed by atoms with Gasteiger partial charge in [-0.2, -0.15) is 8.42 Å². The second-order valence-electron chi connectivity index (χ2n) is 3.48. The van der Waals surface area contributed by atoms with E-state index < -0.39 is 10.1 Å². The fraction of sp³-hybridized carbons (Fsp3) is 0.455. The van der Waals surface area contributed by atoms with Gasteiger partial charge in [-0.25, -0.2) is 0 Å². The molecule has 0 heterocycles. The monoisotopic (exact) mass is 259 g/mol. The zero-order chi connectivity index (χ0) is 12.7. The molecule has 2 N–H and O–H groups in total. The van der Waals surface area contributed by atoms with E-state index in [9.17, 15) is 8.42 Å². The Hall–Kier alpha value is -1.11. The quantitative estimate of drug-likeness (QED) is 0.576. The van der Waals surface area contributed by atoms with Crippen molar-refractivity contribution in [3.05, 3.63) is 24.3 Å². The molecule has 0 aliphatic carbocycles. The van der Waals surface area contributed by atoms with E-state index in [1.54, 1.807) is 12.1 Å². The van der Waals surface area contributed by atoms with Crippen LogP contribution in [0.3, 0.4) is 0 Å². The average Bonchev–Trinajstić information content (AvgIpc) is 2.28. The van der Waals surface area contributed by atoms with Gasteiger partial charge < -0.3 is 10.1 Å². The Bertz CT molecular complexity index is 427. The van der Waals surface area contributed by atoms with Crippen LogP contribution >= 0.6 is 0 Å². The van der Waals surface area contributed by atoms with Gasteiger partial charge in [0, 0.05) is 25.4 Å². The molecule has 0 aromatic heterocycles. The third kappa shape index (κ3) is 5.16. The van der Waals surface area contributed by atoms with Crippen LogP contribution in [0.1, 0.15) is 13.3 Å². The second kappa shape index (κ2) is 6.58. The summed E-state index contributed by atoms with van der Waals surface area (Å²) in [5, 5.41) is 3.13. The number of ether oxygens (including phenoxy) is 1. The number of benzene rings is 1. The standard InChI is InChI=1S/C11H17NO4S/c1-2-16-9-3-8-12-10-4-6-11(7-5-10)17(13,14)15/h4-7,12H,2-3,8-9H2,1H3,(H,13,14,15). The van der Waals surface area contributed by atoms with E-state index in [2.05, 4.69) is 5.32 Å². The molecule has 1 rings (SSSR count). The van der Waals surface area contributed by atoms with Crippen LogP contribution in [0.15, 0.2) is 29.2 Å². The molecule has 0 radical (unpaired) electrons. The maximum absolute atomic E-state index is 10.8. The van der Waals surface area contributed by atoms with E-state index in [1.807, 2.05) is 6.92 Å². The lowest BCUT2D eigenvalue weighted by molar-refractivity contribution is 0.147. The summed E-state index contributed by atoms with van der Waals surface area (Å²) in [5.74, 6) is 0. The molecule has 1 aromatic carbocycles. The molecule has 0 unspecified atom stereocenters. The molecule has 0 amide bonds. The van der Waals surface area contributed by atoms with Crippen molar-refractivity contribution < 1.29 is 17.7 Å². The highest BCUT2D eigenvalue weighted by Gasteiger charge is 2.07. The lowest BCUT2D eigenvalue weighted by Crippen LogP contribution is -2.06. The second-order valence-corrected chi connectivity index (χ2v) is 4.90. The molecule has 0 bridgehead atoms. The molecule has 0 saturated carbocycles. The fourth-order valence-corrected chi connectivity index (χ4v) is 1.78. The van der Waals surface area contributed by atoms with E-state index in [4.69, 9.17) is 9.29 Å². The van der Waals surface area contributed by atoms with Crippen LogP contribution in [-0.2, 0) is 14.9 Å². The molecule has 5 nitrogen and oxygen atoms in total. The first-order valence-corrected chi connectivity index (χ1v) is 6.87. The van der Waals surface area contributed by atoms with Gasteiger partial charge >= 0.3 is 0 Å². The van der Waals surface area contributed by atoms with E-state index in [0.717, 1.165) is 18.7 Å². The fourth-order valence-electron chi connectivity index (χ4n) is 1.30. The number of rotatable bonds is 7. The van der Waals surface area contributed by atoms with Gasteiger partial charge in [0.15, 0.2) is 0 Å². The van der Waals surface area contributed by atoms with Gasteiger partial charge in [-0.3, -0.25) is 4.55 Å². The minimum absolute atomic E-state index is 0.0997. The molecule has 0 spiro atoms. The largest absolute Gasteiger partial charge is 0.385 e. The normalized spacial score (nSPS) is 11.4. The molecular weight excluding hydrogens is 242 g/mol. The summed E-state index contributed by atoms with van der Waals surface area (Å²) in [6.45, 7) is 4.11. The Morgan fingerprint density at radius 1 is 1.29 bits per heavy atom. The minimum Gasteiger partial charge on any atom is -0.385 e. The maximum atomic E-state index is 10.8. The molecule has 17 heavy (non-hydrogen) atoms. The van der Waals surface area contributed by atoms with Gasteiger partial charge in [0.25, 0.3) is 10.1 Å². The summed E-state index contributed by atoms with van der Waals surface area (Å²) < 4.78 is 35.6. The smallest absolute Gasteiger partial charge is 0.294 e. The molecule has 0 aliphatic rings. The lowest BCUT2D eigenvalue weighted by Gasteiger charge is -2.06. The maximum Gasteiger partial charge on any atom is 0.294 e. The van der Waals surface area contributed by atoms with Gasteiger partial charge in [0.2, 0.25) is 0 Å². The van der Waals surface area contributed by atoms with Crippen LogP contribution in [0.4, 0.5) is 5.69 Å². The van der Waals surface area contributed by atoms with E-state index in [1.165, 1.54) is 12.1 Å². The van der Waals surface area contributed by atoms with Crippen molar-refractivity contribution in [3.8, 4) is 0 Å². The van der Waals surface area contributed by atoms with Gasteiger partial charge in [0.05, 0.1) is 4.90 Å². The molecule has 0 atom stereocenters. The van der Waals surface area contributed by atoms with Gasteiger partial charge in [-0.15, -0.1) is 0 Å². The van der Waals surface area contributed by atoms with E-state index in [0.29, 0.717) is 13.2 Å². The topological polar surface area (TPSA) is 75.6 Å². The number of anilines is 1. The van der Waals surface area contributed by atoms with Crippen LogP contribution in [-0.4, -0.2) is 32.7 Å². The summed E-state index contributed by atoms with van der Waals surface area (Å²) in [6.07, 6.45) is 0.883. The third-order valence-electron chi connectivity index (χ3n) is 2.15. The van der Waals surface area contributed by atoms with Crippen molar-refractivity contribution in [2.45, 2.75) is 18.2 Å². The molecule has 1 aromatic rings. The first-order valence-electron chi connectivity index (χ1n) is 5.43.